The molecule has 1 N–H and O–H groups in total. The Morgan fingerprint density at radius 3 is 2.11 bits per heavy atom. The van der Waals surface area contributed by atoms with Crippen LogP contribution in [0.3, 0.4) is 0 Å². The van der Waals surface area contributed by atoms with Crippen LogP contribution in [0.15, 0.2) is 103 Å². The summed E-state index contributed by atoms with van der Waals surface area (Å²) in [6.07, 6.45) is -1.83. The number of likely N-dealkylation sites (tertiary alicyclic amines) is 1. The first kappa shape index (κ1) is 32.9. The maximum Gasteiger partial charge on any atom is 0.416 e. The molecule has 1 atom stereocenters. The van der Waals surface area contributed by atoms with Gasteiger partial charge >= 0.3 is 12.1 Å². The van der Waals surface area contributed by atoms with Gasteiger partial charge in [0.25, 0.3) is 5.91 Å². The number of alkyl halides is 3. The SMILES string of the molecule is CC(C)CCOC(=O)C(c1ccccc1)N1CCC(c2ccc(NC(=O)c3ccccc3-c3ccc(C(F)(F)F)cc3)cc2)CC1. The topological polar surface area (TPSA) is 58.6 Å². The summed E-state index contributed by atoms with van der Waals surface area (Å²) < 4.78 is 44.8. The van der Waals surface area contributed by atoms with E-state index in [0.29, 0.717) is 40.8 Å². The number of ether oxygens (including phenoxy) is 1. The van der Waals surface area contributed by atoms with Crippen molar-refractivity contribution in [1.29, 1.82) is 0 Å². The van der Waals surface area contributed by atoms with Gasteiger partial charge in [0.05, 0.1) is 12.2 Å². The number of hydrogen-bond donors (Lipinski definition) is 1. The number of esters is 1. The molecule has 240 valence electrons. The van der Waals surface area contributed by atoms with Crippen LogP contribution >= 0.6 is 0 Å². The van der Waals surface area contributed by atoms with Crippen molar-refractivity contribution in [2.24, 2.45) is 5.92 Å². The molecule has 1 unspecified atom stereocenters. The fourth-order valence-electron chi connectivity index (χ4n) is 5.91. The van der Waals surface area contributed by atoms with Crippen LogP contribution in [0.5, 0.6) is 0 Å². The van der Waals surface area contributed by atoms with Gasteiger partial charge in [-0.25, -0.2) is 4.79 Å². The number of rotatable bonds is 10. The molecular weight excluding hydrogens is 589 g/mol. The summed E-state index contributed by atoms with van der Waals surface area (Å²) in [6.45, 7) is 6.14. The second kappa shape index (κ2) is 14.8. The Bertz CT molecular complexity index is 1600. The van der Waals surface area contributed by atoms with Crippen molar-refractivity contribution >= 4 is 17.6 Å². The average Bonchev–Trinajstić information content (AvgIpc) is 3.05. The molecule has 1 heterocycles. The van der Waals surface area contributed by atoms with Gasteiger partial charge in [0.1, 0.15) is 6.04 Å². The highest BCUT2D eigenvalue weighted by Gasteiger charge is 2.33. The van der Waals surface area contributed by atoms with Gasteiger partial charge < -0.3 is 10.1 Å². The number of carbonyl (C=O) groups is 2. The van der Waals surface area contributed by atoms with Crippen LogP contribution in [0.2, 0.25) is 0 Å². The maximum atomic E-state index is 13.3. The molecule has 0 bridgehead atoms. The number of carbonyl (C=O) groups excluding carboxylic acids is 2. The third-order valence-corrected chi connectivity index (χ3v) is 8.51. The van der Waals surface area contributed by atoms with Crippen molar-refractivity contribution in [3.63, 3.8) is 0 Å². The van der Waals surface area contributed by atoms with Crippen molar-refractivity contribution in [2.75, 3.05) is 25.0 Å². The zero-order chi connectivity index (χ0) is 32.7. The van der Waals surface area contributed by atoms with Gasteiger partial charge in [-0.2, -0.15) is 13.2 Å². The second-order valence-electron chi connectivity index (χ2n) is 12.2. The normalized spacial score (nSPS) is 15.0. The van der Waals surface area contributed by atoms with Gasteiger partial charge in [-0.1, -0.05) is 86.6 Å². The number of amides is 1. The van der Waals surface area contributed by atoms with Crippen molar-refractivity contribution in [3.05, 3.63) is 125 Å². The van der Waals surface area contributed by atoms with Crippen LogP contribution in [0.1, 0.15) is 72.1 Å². The standard InChI is InChI=1S/C38H39F3N2O3/c1-26(2)22-25-46-37(45)35(30-8-4-3-5-9-30)43-23-20-28(21-24-43)27-14-18-32(19-15-27)42-36(44)34-11-7-6-10-33(34)29-12-16-31(17-13-29)38(39,40)41/h3-19,26,28,35H,20-25H2,1-2H3,(H,42,44). The van der Waals surface area contributed by atoms with E-state index < -0.39 is 17.8 Å². The first-order chi connectivity index (χ1) is 22.1. The monoisotopic (exact) mass is 628 g/mol. The molecule has 1 fully saturated rings. The zero-order valence-electron chi connectivity index (χ0n) is 26.1. The minimum absolute atomic E-state index is 0.203. The van der Waals surface area contributed by atoms with Gasteiger partial charge in [0.15, 0.2) is 0 Å². The van der Waals surface area contributed by atoms with Gasteiger partial charge in [-0.15, -0.1) is 0 Å². The van der Waals surface area contributed by atoms with Crippen LogP contribution in [0, 0.1) is 5.92 Å². The number of anilines is 1. The largest absolute Gasteiger partial charge is 0.464 e. The summed E-state index contributed by atoms with van der Waals surface area (Å²) in [6, 6.07) is 28.8. The summed E-state index contributed by atoms with van der Waals surface area (Å²) in [5, 5.41) is 2.93. The molecule has 46 heavy (non-hydrogen) atoms. The highest BCUT2D eigenvalue weighted by Crippen LogP contribution is 2.35. The lowest BCUT2D eigenvalue weighted by atomic mass is 9.88. The molecule has 1 saturated heterocycles. The van der Waals surface area contributed by atoms with Gasteiger partial charge in [-0.05, 0) is 96.8 Å². The summed E-state index contributed by atoms with van der Waals surface area (Å²) in [4.78, 5) is 28.7. The molecule has 0 aliphatic carbocycles. The third-order valence-electron chi connectivity index (χ3n) is 8.51. The predicted octanol–water partition coefficient (Wildman–Crippen LogP) is 9.13. The molecule has 0 spiro atoms. The fraction of sp³-hybridized carbons (Fsp3) is 0.316. The quantitative estimate of drug-likeness (QED) is 0.178. The number of hydrogen-bond acceptors (Lipinski definition) is 4. The van der Waals surface area contributed by atoms with Crippen molar-refractivity contribution in [1.82, 2.24) is 4.90 Å². The fourth-order valence-corrected chi connectivity index (χ4v) is 5.91. The number of benzene rings is 4. The van der Waals surface area contributed by atoms with E-state index in [1.54, 1.807) is 24.3 Å². The highest BCUT2D eigenvalue weighted by molar-refractivity contribution is 6.08. The Morgan fingerprint density at radius 1 is 0.848 bits per heavy atom. The van der Waals surface area contributed by atoms with E-state index in [1.807, 2.05) is 54.6 Å². The van der Waals surface area contributed by atoms with E-state index in [4.69, 9.17) is 4.74 Å². The van der Waals surface area contributed by atoms with Gasteiger partial charge in [0, 0.05) is 11.3 Å². The number of halogens is 3. The van der Waals surface area contributed by atoms with E-state index in [2.05, 4.69) is 24.1 Å². The van der Waals surface area contributed by atoms with Crippen LogP contribution in [-0.2, 0) is 15.7 Å². The smallest absolute Gasteiger partial charge is 0.416 e. The summed E-state index contributed by atoms with van der Waals surface area (Å²) in [7, 11) is 0. The molecule has 5 rings (SSSR count). The van der Waals surface area contributed by atoms with Crippen molar-refractivity contribution in [3.8, 4) is 11.1 Å². The van der Waals surface area contributed by atoms with E-state index in [9.17, 15) is 22.8 Å². The molecule has 1 amide bonds. The van der Waals surface area contributed by atoms with Gasteiger partial charge in [0.2, 0.25) is 0 Å². The molecule has 8 heteroatoms. The van der Waals surface area contributed by atoms with Crippen LogP contribution < -0.4 is 5.32 Å². The molecule has 0 radical (unpaired) electrons. The average molecular weight is 629 g/mol. The highest BCUT2D eigenvalue weighted by atomic mass is 19.4. The first-order valence-corrected chi connectivity index (χ1v) is 15.7. The van der Waals surface area contributed by atoms with Crippen molar-refractivity contribution < 1.29 is 27.5 Å². The van der Waals surface area contributed by atoms with Crippen LogP contribution in [0.25, 0.3) is 11.1 Å². The summed E-state index contributed by atoms with van der Waals surface area (Å²) in [5.74, 6) is 0.228. The lowest BCUT2D eigenvalue weighted by Crippen LogP contribution is -2.40. The number of nitrogens with zero attached hydrogens (tertiary/aromatic N) is 1. The third kappa shape index (κ3) is 8.23. The molecule has 0 aromatic heterocycles. The van der Waals surface area contributed by atoms with Crippen LogP contribution in [-0.4, -0.2) is 36.5 Å². The molecular formula is C38H39F3N2O3. The summed E-state index contributed by atoms with van der Waals surface area (Å²) in [5.41, 5.74) is 3.44. The summed E-state index contributed by atoms with van der Waals surface area (Å²) >= 11 is 0. The van der Waals surface area contributed by atoms with E-state index in [1.165, 1.54) is 17.7 Å². The number of piperidine rings is 1. The molecule has 4 aromatic rings. The molecule has 1 aliphatic rings. The minimum atomic E-state index is -4.43. The van der Waals surface area contributed by atoms with E-state index >= 15 is 0 Å². The molecule has 5 nitrogen and oxygen atoms in total. The molecule has 0 saturated carbocycles. The second-order valence-corrected chi connectivity index (χ2v) is 12.2. The lowest BCUT2D eigenvalue weighted by Gasteiger charge is -2.36. The minimum Gasteiger partial charge on any atom is -0.464 e. The number of nitrogens with one attached hydrogen (secondary N) is 1. The van der Waals surface area contributed by atoms with Crippen molar-refractivity contribution in [2.45, 2.75) is 51.2 Å². The predicted molar refractivity (Wildman–Crippen MR) is 174 cm³/mol. The Morgan fingerprint density at radius 2 is 1.48 bits per heavy atom. The first-order valence-electron chi connectivity index (χ1n) is 15.7. The van der Waals surface area contributed by atoms with E-state index in [-0.39, 0.29) is 11.9 Å². The van der Waals surface area contributed by atoms with Gasteiger partial charge in [-0.3, -0.25) is 9.69 Å². The Kier molecular flexibility index (Phi) is 10.6. The Hall–Kier alpha value is -4.43. The molecule has 4 aromatic carbocycles. The lowest BCUT2D eigenvalue weighted by molar-refractivity contribution is -0.151. The zero-order valence-corrected chi connectivity index (χ0v) is 26.1. The maximum absolute atomic E-state index is 13.3. The van der Waals surface area contributed by atoms with E-state index in [0.717, 1.165) is 50.0 Å². The Balaban J connectivity index is 1.21. The molecule has 1 aliphatic heterocycles. The van der Waals surface area contributed by atoms with Crippen LogP contribution in [0.4, 0.5) is 18.9 Å². The Labute approximate surface area is 268 Å².